The number of aromatic nitrogens is 3. The van der Waals surface area contributed by atoms with Gasteiger partial charge in [-0.05, 0) is 42.7 Å². The van der Waals surface area contributed by atoms with E-state index in [9.17, 15) is 9.18 Å². The molecule has 1 fully saturated rings. The van der Waals surface area contributed by atoms with Crippen molar-refractivity contribution in [3.63, 3.8) is 0 Å². The van der Waals surface area contributed by atoms with E-state index in [0.717, 1.165) is 29.3 Å². The van der Waals surface area contributed by atoms with Gasteiger partial charge in [-0.2, -0.15) is 0 Å². The Balaban J connectivity index is 1.25. The lowest BCUT2D eigenvalue weighted by atomic mass is 10.1. The third kappa shape index (κ3) is 4.16. The number of amides is 1. The first-order valence-electron chi connectivity index (χ1n) is 10.5. The monoisotopic (exact) mass is 432 g/mol. The van der Waals surface area contributed by atoms with Gasteiger partial charge in [0.1, 0.15) is 23.9 Å². The molecule has 0 bridgehead atoms. The van der Waals surface area contributed by atoms with Gasteiger partial charge in [-0.15, -0.1) is 0 Å². The highest BCUT2D eigenvalue weighted by atomic mass is 19.1. The molecular weight excluding hydrogens is 411 g/mol. The van der Waals surface area contributed by atoms with E-state index in [1.54, 1.807) is 23.2 Å². The Bertz CT molecular complexity index is 1240. The summed E-state index contributed by atoms with van der Waals surface area (Å²) in [6, 6.07) is 13.6. The lowest BCUT2D eigenvalue weighted by molar-refractivity contribution is -0.134. The number of halogens is 1. The Morgan fingerprint density at radius 3 is 2.84 bits per heavy atom. The minimum atomic E-state index is -0.274. The highest BCUT2D eigenvalue weighted by molar-refractivity contribution is 5.84. The maximum absolute atomic E-state index is 13.1. The minimum Gasteiger partial charge on any atom is -0.467 e. The van der Waals surface area contributed by atoms with Gasteiger partial charge in [0.05, 0.1) is 17.1 Å². The van der Waals surface area contributed by atoms with Crippen LogP contribution in [0.4, 0.5) is 4.39 Å². The number of carbonyl (C=O) groups excluding carboxylic acids is 1. The van der Waals surface area contributed by atoms with Crippen LogP contribution in [0, 0.1) is 5.82 Å². The molecule has 0 saturated carbocycles. The zero-order valence-electron chi connectivity index (χ0n) is 17.3. The van der Waals surface area contributed by atoms with Crippen LogP contribution in [-0.2, 0) is 11.2 Å². The van der Waals surface area contributed by atoms with Crippen molar-refractivity contribution in [3.8, 4) is 5.88 Å². The largest absolute Gasteiger partial charge is 0.467 e. The molecule has 5 rings (SSSR count). The van der Waals surface area contributed by atoms with Crippen molar-refractivity contribution >= 4 is 16.8 Å². The fourth-order valence-electron chi connectivity index (χ4n) is 3.99. The molecule has 2 aromatic carbocycles. The van der Waals surface area contributed by atoms with Crippen LogP contribution in [0.2, 0.25) is 0 Å². The van der Waals surface area contributed by atoms with E-state index in [4.69, 9.17) is 9.15 Å². The second-order valence-corrected chi connectivity index (χ2v) is 7.70. The number of ether oxygens (including phenoxy) is 1. The van der Waals surface area contributed by atoms with E-state index in [-0.39, 0.29) is 24.4 Å². The summed E-state index contributed by atoms with van der Waals surface area (Å²) in [6.45, 7) is 0.494. The lowest BCUT2D eigenvalue weighted by Crippen LogP contribution is -2.34. The summed E-state index contributed by atoms with van der Waals surface area (Å²) < 4.78 is 24.8. The molecule has 162 valence electrons. The molecular formula is C24H21FN4O3. The summed E-state index contributed by atoms with van der Waals surface area (Å²) in [5.74, 6) is 1.16. The Kier molecular flexibility index (Phi) is 5.49. The summed E-state index contributed by atoms with van der Waals surface area (Å²) in [5.41, 5.74) is 1.69. The van der Waals surface area contributed by atoms with Crippen molar-refractivity contribution < 1.29 is 18.3 Å². The van der Waals surface area contributed by atoms with Crippen LogP contribution in [0.5, 0.6) is 5.88 Å². The van der Waals surface area contributed by atoms with Gasteiger partial charge in [-0.3, -0.25) is 4.79 Å². The van der Waals surface area contributed by atoms with Gasteiger partial charge in [0.25, 0.3) is 5.91 Å². The average molecular weight is 432 g/mol. The standard InChI is InChI=1S/C24H21FN4O3/c25-17-9-7-16(8-10-17)12-18-13-26-24(32-18)21-6-3-11-29(21)22(30)14-31-23-19-4-1-2-5-20(19)27-15-28-23/h1-2,4-5,7-10,13,15,21H,3,6,11-12,14H2/t21-/m1/s1. The van der Waals surface area contributed by atoms with Gasteiger partial charge in [0.15, 0.2) is 6.61 Å². The number of hydrogen-bond donors (Lipinski definition) is 0. The van der Waals surface area contributed by atoms with Crippen LogP contribution < -0.4 is 4.74 Å². The van der Waals surface area contributed by atoms with E-state index < -0.39 is 0 Å². The Hall–Kier alpha value is -3.81. The fourth-order valence-corrected chi connectivity index (χ4v) is 3.99. The molecule has 1 amide bonds. The normalized spacial score (nSPS) is 15.9. The van der Waals surface area contributed by atoms with Crippen molar-refractivity contribution in [2.24, 2.45) is 0 Å². The number of likely N-dealkylation sites (tertiary alicyclic amines) is 1. The lowest BCUT2D eigenvalue weighted by Gasteiger charge is -2.22. The van der Waals surface area contributed by atoms with Crippen molar-refractivity contribution in [3.05, 3.63) is 84.1 Å². The van der Waals surface area contributed by atoms with Crippen LogP contribution in [0.15, 0.2) is 65.5 Å². The first-order chi connectivity index (χ1) is 15.7. The Morgan fingerprint density at radius 2 is 1.97 bits per heavy atom. The molecule has 1 saturated heterocycles. The van der Waals surface area contributed by atoms with Crippen LogP contribution in [0.25, 0.3) is 10.9 Å². The molecule has 2 aromatic heterocycles. The molecule has 0 aliphatic carbocycles. The van der Waals surface area contributed by atoms with E-state index in [2.05, 4.69) is 15.0 Å². The zero-order valence-corrected chi connectivity index (χ0v) is 17.3. The van der Waals surface area contributed by atoms with E-state index in [1.165, 1.54) is 18.5 Å². The molecule has 0 N–H and O–H groups in total. The summed E-state index contributed by atoms with van der Waals surface area (Å²) in [4.78, 5) is 27.5. The summed E-state index contributed by atoms with van der Waals surface area (Å²) in [5, 5.41) is 0.763. The fraction of sp³-hybridized carbons (Fsp3) is 0.250. The van der Waals surface area contributed by atoms with E-state index in [1.807, 2.05) is 24.3 Å². The number of nitrogens with zero attached hydrogens (tertiary/aromatic N) is 4. The molecule has 3 heterocycles. The number of oxazole rings is 1. The highest BCUT2D eigenvalue weighted by Gasteiger charge is 2.33. The summed E-state index contributed by atoms with van der Waals surface area (Å²) in [7, 11) is 0. The quantitative estimate of drug-likeness (QED) is 0.457. The van der Waals surface area contributed by atoms with E-state index >= 15 is 0 Å². The van der Waals surface area contributed by atoms with Crippen LogP contribution in [0.3, 0.4) is 0 Å². The molecule has 32 heavy (non-hydrogen) atoms. The topological polar surface area (TPSA) is 81.4 Å². The van der Waals surface area contributed by atoms with Crippen molar-refractivity contribution in [1.82, 2.24) is 19.9 Å². The third-order valence-electron chi connectivity index (χ3n) is 5.56. The molecule has 4 aromatic rings. The first-order valence-corrected chi connectivity index (χ1v) is 10.5. The number of rotatable bonds is 6. The number of hydrogen-bond acceptors (Lipinski definition) is 6. The molecule has 8 heteroatoms. The highest BCUT2D eigenvalue weighted by Crippen LogP contribution is 2.32. The number of para-hydroxylation sites is 1. The SMILES string of the molecule is O=C(COc1ncnc2ccccc12)N1CCC[C@@H]1c1ncc(Cc2ccc(F)cc2)o1. The summed E-state index contributed by atoms with van der Waals surface area (Å²) >= 11 is 0. The Morgan fingerprint density at radius 1 is 1.12 bits per heavy atom. The van der Waals surface area contributed by atoms with Crippen molar-refractivity contribution in [2.45, 2.75) is 25.3 Å². The molecule has 7 nitrogen and oxygen atoms in total. The molecule has 0 spiro atoms. The molecule has 1 aliphatic heterocycles. The average Bonchev–Trinajstić information content (AvgIpc) is 3.48. The molecule has 1 aliphatic rings. The first kappa shape index (κ1) is 20.1. The molecule has 1 atom stereocenters. The second kappa shape index (κ2) is 8.74. The van der Waals surface area contributed by atoms with Gasteiger partial charge in [-0.25, -0.2) is 19.3 Å². The van der Waals surface area contributed by atoms with Gasteiger partial charge in [0.2, 0.25) is 11.8 Å². The maximum atomic E-state index is 13.1. The van der Waals surface area contributed by atoms with Crippen LogP contribution >= 0.6 is 0 Å². The maximum Gasteiger partial charge on any atom is 0.261 e. The summed E-state index contributed by atoms with van der Waals surface area (Å²) in [6.07, 6.45) is 5.25. The van der Waals surface area contributed by atoms with Gasteiger partial charge >= 0.3 is 0 Å². The predicted molar refractivity (Wildman–Crippen MR) is 114 cm³/mol. The number of carbonyl (C=O) groups is 1. The van der Waals surface area contributed by atoms with Crippen molar-refractivity contribution in [1.29, 1.82) is 0 Å². The predicted octanol–water partition coefficient (Wildman–Crippen LogP) is 4.09. The minimum absolute atomic E-state index is 0.124. The molecule has 0 radical (unpaired) electrons. The van der Waals surface area contributed by atoms with Gasteiger partial charge in [0, 0.05) is 13.0 Å². The number of fused-ring (bicyclic) bond motifs is 1. The van der Waals surface area contributed by atoms with Crippen molar-refractivity contribution in [2.75, 3.05) is 13.2 Å². The smallest absolute Gasteiger partial charge is 0.261 e. The van der Waals surface area contributed by atoms with Gasteiger partial charge in [-0.1, -0.05) is 24.3 Å². The molecule has 0 unspecified atom stereocenters. The van der Waals surface area contributed by atoms with Crippen LogP contribution in [-0.4, -0.2) is 38.9 Å². The van der Waals surface area contributed by atoms with Crippen LogP contribution in [0.1, 0.15) is 36.1 Å². The Labute approximate surface area is 183 Å². The zero-order chi connectivity index (χ0) is 21.9. The van der Waals surface area contributed by atoms with Gasteiger partial charge < -0.3 is 14.1 Å². The van der Waals surface area contributed by atoms with E-state index in [0.29, 0.717) is 30.5 Å². The number of benzene rings is 2. The second-order valence-electron chi connectivity index (χ2n) is 7.70. The third-order valence-corrected chi connectivity index (χ3v) is 5.56.